The lowest BCUT2D eigenvalue weighted by molar-refractivity contribution is 0.590. The van der Waals surface area contributed by atoms with Crippen LogP contribution in [0.1, 0.15) is 26.3 Å². The first kappa shape index (κ1) is 15.5. The normalized spacial score (nSPS) is 12.2. The van der Waals surface area contributed by atoms with Crippen molar-refractivity contribution in [1.82, 2.24) is 4.57 Å². The first-order valence-corrected chi connectivity index (χ1v) is 9.04. The number of rotatable bonds is 1. The Morgan fingerprint density at radius 1 is 0.750 bits per heavy atom. The van der Waals surface area contributed by atoms with E-state index >= 15 is 0 Å². The van der Waals surface area contributed by atoms with Crippen LogP contribution >= 0.6 is 15.9 Å². The number of halogens is 1. The van der Waals surface area contributed by atoms with E-state index < -0.39 is 0 Å². The fourth-order valence-corrected chi connectivity index (χ4v) is 3.69. The smallest absolute Gasteiger partial charge is 0.0541 e. The van der Waals surface area contributed by atoms with E-state index in [1.165, 1.54) is 33.1 Å². The van der Waals surface area contributed by atoms with Crippen molar-refractivity contribution in [3.8, 4) is 5.69 Å². The molecule has 120 valence electrons. The van der Waals surface area contributed by atoms with Crippen LogP contribution < -0.4 is 0 Å². The Balaban J connectivity index is 2.01. The molecule has 2 heteroatoms. The van der Waals surface area contributed by atoms with E-state index in [1.54, 1.807) is 0 Å². The van der Waals surface area contributed by atoms with Gasteiger partial charge in [0.15, 0.2) is 0 Å². The Bertz CT molecular complexity index is 1030. The van der Waals surface area contributed by atoms with Crippen molar-refractivity contribution in [3.63, 3.8) is 0 Å². The standard InChI is InChI=1S/C22H20BrN/c1-22(2,3)15-8-11-17(12-9-15)24-20-7-5-4-6-18(20)19-14-16(23)10-13-21(19)24/h4-14H,1-3H3. The van der Waals surface area contributed by atoms with Crippen LogP contribution in [0.25, 0.3) is 27.5 Å². The van der Waals surface area contributed by atoms with Crippen molar-refractivity contribution in [2.45, 2.75) is 26.2 Å². The number of hydrogen-bond donors (Lipinski definition) is 0. The molecule has 0 unspecified atom stereocenters. The number of hydrogen-bond acceptors (Lipinski definition) is 0. The molecule has 0 fully saturated rings. The summed E-state index contributed by atoms with van der Waals surface area (Å²) in [6.45, 7) is 6.75. The van der Waals surface area contributed by atoms with Gasteiger partial charge in [-0.25, -0.2) is 0 Å². The second-order valence-electron chi connectivity index (χ2n) is 7.31. The first-order chi connectivity index (χ1) is 11.4. The third-order valence-corrected chi connectivity index (χ3v) is 5.12. The summed E-state index contributed by atoms with van der Waals surface area (Å²) in [4.78, 5) is 0. The minimum atomic E-state index is 0.171. The third-order valence-electron chi connectivity index (χ3n) is 4.63. The molecule has 4 rings (SSSR count). The number of fused-ring (bicyclic) bond motifs is 3. The zero-order chi connectivity index (χ0) is 16.9. The lowest BCUT2D eigenvalue weighted by Crippen LogP contribution is -2.10. The summed E-state index contributed by atoms with van der Waals surface area (Å²) >= 11 is 3.61. The molecule has 1 heterocycles. The Kier molecular flexibility index (Phi) is 3.54. The molecule has 0 aliphatic rings. The van der Waals surface area contributed by atoms with E-state index in [1.807, 2.05) is 0 Å². The Labute approximate surface area is 151 Å². The topological polar surface area (TPSA) is 4.93 Å². The molecule has 0 radical (unpaired) electrons. The van der Waals surface area contributed by atoms with Crippen LogP contribution in [0.5, 0.6) is 0 Å². The zero-order valence-electron chi connectivity index (χ0n) is 14.2. The van der Waals surface area contributed by atoms with Gasteiger partial charge in [0, 0.05) is 20.9 Å². The molecule has 1 nitrogen and oxygen atoms in total. The average Bonchev–Trinajstić information content (AvgIpc) is 2.88. The summed E-state index contributed by atoms with van der Waals surface area (Å²) < 4.78 is 3.46. The van der Waals surface area contributed by atoms with Gasteiger partial charge in [-0.15, -0.1) is 0 Å². The minimum Gasteiger partial charge on any atom is -0.309 e. The quantitative estimate of drug-likeness (QED) is 0.342. The summed E-state index contributed by atoms with van der Waals surface area (Å²) in [6.07, 6.45) is 0. The van der Waals surface area contributed by atoms with Crippen LogP contribution in [0.4, 0.5) is 0 Å². The molecule has 0 saturated carbocycles. The molecular weight excluding hydrogens is 358 g/mol. The van der Waals surface area contributed by atoms with Gasteiger partial charge in [-0.05, 0) is 47.4 Å². The number of nitrogens with zero attached hydrogens (tertiary/aromatic N) is 1. The molecule has 0 saturated heterocycles. The number of para-hydroxylation sites is 1. The molecule has 4 aromatic rings. The second-order valence-corrected chi connectivity index (χ2v) is 8.23. The molecule has 0 aliphatic heterocycles. The molecule has 0 amide bonds. The predicted molar refractivity (Wildman–Crippen MR) is 107 cm³/mol. The van der Waals surface area contributed by atoms with Crippen molar-refractivity contribution in [3.05, 3.63) is 76.8 Å². The van der Waals surface area contributed by atoms with Crippen molar-refractivity contribution in [2.24, 2.45) is 0 Å². The van der Waals surface area contributed by atoms with Crippen LogP contribution in [0.3, 0.4) is 0 Å². The van der Waals surface area contributed by atoms with Gasteiger partial charge in [-0.3, -0.25) is 0 Å². The molecular formula is C22H20BrN. The lowest BCUT2D eigenvalue weighted by atomic mass is 9.87. The predicted octanol–water partition coefficient (Wildman–Crippen LogP) is 6.84. The maximum atomic E-state index is 3.61. The zero-order valence-corrected chi connectivity index (χ0v) is 15.8. The SMILES string of the molecule is CC(C)(C)c1ccc(-n2c3ccccc3c3cc(Br)ccc32)cc1. The molecule has 0 bridgehead atoms. The molecule has 0 N–H and O–H groups in total. The molecule has 3 aromatic carbocycles. The summed E-state index contributed by atoms with van der Waals surface area (Å²) in [5.41, 5.74) is 5.22. The molecule has 1 aromatic heterocycles. The average molecular weight is 378 g/mol. The molecule has 0 aliphatic carbocycles. The summed E-state index contributed by atoms with van der Waals surface area (Å²) in [5, 5.41) is 2.56. The van der Waals surface area contributed by atoms with Gasteiger partial charge in [-0.1, -0.05) is 67.0 Å². The molecule has 0 spiro atoms. The Morgan fingerprint density at radius 2 is 1.42 bits per heavy atom. The van der Waals surface area contributed by atoms with Crippen LogP contribution in [0.15, 0.2) is 71.2 Å². The maximum absolute atomic E-state index is 3.61. The van der Waals surface area contributed by atoms with Crippen molar-refractivity contribution < 1.29 is 0 Å². The van der Waals surface area contributed by atoms with E-state index in [0.29, 0.717) is 0 Å². The van der Waals surface area contributed by atoms with Crippen molar-refractivity contribution in [1.29, 1.82) is 0 Å². The van der Waals surface area contributed by atoms with E-state index in [-0.39, 0.29) is 5.41 Å². The highest BCUT2D eigenvalue weighted by atomic mass is 79.9. The molecule has 24 heavy (non-hydrogen) atoms. The van der Waals surface area contributed by atoms with E-state index in [4.69, 9.17) is 0 Å². The van der Waals surface area contributed by atoms with Crippen LogP contribution in [-0.2, 0) is 5.41 Å². The highest BCUT2D eigenvalue weighted by Crippen LogP contribution is 2.34. The fraction of sp³-hybridized carbons (Fsp3) is 0.182. The van der Waals surface area contributed by atoms with Gasteiger partial charge < -0.3 is 4.57 Å². The monoisotopic (exact) mass is 377 g/mol. The first-order valence-electron chi connectivity index (χ1n) is 8.25. The van der Waals surface area contributed by atoms with Crippen molar-refractivity contribution >= 4 is 37.7 Å². The Morgan fingerprint density at radius 3 is 2.12 bits per heavy atom. The van der Waals surface area contributed by atoms with Gasteiger partial charge in [-0.2, -0.15) is 0 Å². The van der Waals surface area contributed by atoms with E-state index in [0.717, 1.165) is 4.47 Å². The van der Waals surface area contributed by atoms with E-state index in [9.17, 15) is 0 Å². The van der Waals surface area contributed by atoms with Crippen LogP contribution in [-0.4, -0.2) is 4.57 Å². The minimum absolute atomic E-state index is 0.171. The van der Waals surface area contributed by atoms with Gasteiger partial charge >= 0.3 is 0 Å². The highest BCUT2D eigenvalue weighted by Gasteiger charge is 2.15. The van der Waals surface area contributed by atoms with Crippen molar-refractivity contribution in [2.75, 3.05) is 0 Å². The molecule has 0 atom stereocenters. The van der Waals surface area contributed by atoms with Gasteiger partial charge in [0.1, 0.15) is 0 Å². The Hall–Kier alpha value is -2.06. The van der Waals surface area contributed by atoms with Crippen LogP contribution in [0.2, 0.25) is 0 Å². The van der Waals surface area contributed by atoms with Gasteiger partial charge in [0.2, 0.25) is 0 Å². The maximum Gasteiger partial charge on any atom is 0.0541 e. The highest BCUT2D eigenvalue weighted by molar-refractivity contribution is 9.10. The largest absolute Gasteiger partial charge is 0.309 e. The second kappa shape index (κ2) is 5.49. The van der Waals surface area contributed by atoms with E-state index in [2.05, 4.69) is 108 Å². The van der Waals surface area contributed by atoms with Gasteiger partial charge in [0.05, 0.1) is 11.0 Å². The summed E-state index contributed by atoms with van der Waals surface area (Å²) in [5.74, 6) is 0. The fourth-order valence-electron chi connectivity index (χ4n) is 3.33. The number of aromatic nitrogens is 1. The summed E-state index contributed by atoms with van der Waals surface area (Å²) in [7, 11) is 0. The van der Waals surface area contributed by atoms with Gasteiger partial charge in [0.25, 0.3) is 0 Å². The lowest BCUT2D eigenvalue weighted by Gasteiger charge is -2.19. The third kappa shape index (κ3) is 2.46. The summed E-state index contributed by atoms with van der Waals surface area (Å²) in [6, 6.07) is 24.1. The number of benzene rings is 3. The van der Waals surface area contributed by atoms with Crippen LogP contribution in [0, 0.1) is 0 Å².